The Kier molecular flexibility index (Phi) is 6.36. The third-order valence-electron chi connectivity index (χ3n) is 11.4. The quantitative estimate of drug-likeness (QED) is 0.183. The zero-order chi connectivity index (χ0) is 34.3. The molecular formula is C51H34O. The summed E-state index contributed by atoms with van der Waals surface area (Å²) < 4.78 is 6.59. The molecule has 0 N–H and O–H groups in total. The number of para-hydroxylation sites is 1. The van der Waals surface area contributed by atoms with Crippen molar-refractivity contribution in [1.82, 2.24) is 0 Å². The second kappa shape index (κ2) is 11.3. The van der Waals surface area contributed by atoms with E-state index in [1.807, 2.05) is 0 Å². The molecule has 0 radical (unpaired) electrons. The van der Waals surface area contributed by atoms with Gasteiger partial charge >= 0.3 is 0 Å². The smallest absolute Gasteiger partial charge is 0.142 e. The molecule has 1 nitrogen and oxygen atoms in total. The average molecular weight is 663 g/mol. The van der Waals surface area contributed by atoms with Crippen molar-refractivity contribution in [3.63, 3.8) is 0 Å². The lowest BCUT2D eigenvalue weighted by Crippen LogP contribution is -1.95. The number of rotatable bonds is 4. The standard InChI is InChI=1S/C51H34O/c1-31-13-10-22-41-42-23-11-20-37(51(42)52-50(31)41)33-27-25-32(26-28-33)36-29-30-44-47-38(36)21-12-24-43(47)48-45(34-14-4-2-5-15-34)39-18-8-9-19-40(39)46(49(44)48)35-16-6-3-7-17-35/h2-12,14-31H,13H2,1H3. The van der Waals surface area contributed by atoms with E-state index in [9.17, 15) is 0 Å². The Labute approximate surface area is 303 Å². The molecule has 0 spiro atoms. The average Bonchev–Trinajstić information content (AvgIpc) is 3.76. The third-order valence-corrected chi connectivity index (χ3v) is 11.4. The number of fused-ring (bicyclic) bond motifs is 7. The predicted octanol–water partition coefficient (Wildman–Crippen LogP) is 14.6. The molecule has 2 aliphatic carbocycles. The minimum atomic E-state index is 0.392. The van der Waals surface area contributed by atoms with Gasteiger partial charge in [0.05, 0.1) is 0 Å². The predicted molar refractivity (Wildman–Crippen MR) is 219 cm³/mol. The van der Waals surface area contributed by atoms with Crippen LogP contribution in [0.1, 0.15) is 30.6 Å². The van der Waals surface area contributed by atoms with Gasteiger partial charge in [-0.2, -0.15) is 0 Å². The first-order valence-corrected chi connectivity index (χ1v) is 18.3. The maximum Gasteiger partial charge on any atom is 0.142 e. The van der Waals surface area contributed by atoms with Crippen molar-refractivity contribution in [2.45, 2.75) is 19.3 Å². The molecule has 0 saturated carbocycles. The zero-order valence-corrected chi connectivity index (χ0v) is 28.9. The van der Waals surface area contributed by atoms with Crippen LogP contribution < -0.4 is 0 Å². The first-order valence-electron chi connectivity index (χ1n) is 18.3. The Morgan fingerprint density at radius 2 is 0.942 bits per heavy atom. The number of allylic oxidation sites excluding steroid dienone is 1. The maximum absolute atomic E-state index is 6.59. The lowest BCUT2D eigenvalue weighted by Gasteiger charge is -2.20. The fourth-order valence-electron chi connectivity index (χ4n) is 9.11. The first kappa shape index (κ1) is 29.3. The van der Waals surface area contributed by atoms with Gasteiger partial charge in [0.2, 0.25) is 0 Å². The normalized spacial score (nSPS) is 14.3. The summed E-state index contributed by atoms with van der Waals surface area (Å²) in [6.07, 6.45) is 5.53. The number of furan rings is 1. The van der Waals surface area contributed by atoms with Gasteiger partial charge in [-0.15, -0.1) is 0 Å². The molecule has 0 amide bonds. The lowest BCUT2D eigenvalue weighted by atomic mass is 9.82. The van der Waals surface area contributed by atoms with Crippen LogP contribution in [0, 0.1) is 0 Å². The van der Waals surface area contributed by atoms with Gasteiger partial charge in [0.15, 0.2) is 0 Å². The molecule has 1 atom stereocenters. The molecule has 1 aromatic heterocycles. The van der Waals surface area contributed by atoms with Gasteiger partial charge in [0, 0.05) is 22.4 Å². The third kappa shape index (κ3) is 4.17. The summed E-state index contributed by atoms with van der Waals surface area (Å²) in [6.45, 7) is 2.25. The number of benzene rings is 8. The molecule has 0 fully saturated rings. The second-order valence-electron chi connectivity index (χ2n) is 14.3. The van der Waals surface area contributed by atoms with Crippen molar-refractivity contribution in [3.05, 3.63) is 175 Å². The molecule has 2 aliphatic rings. The van der Waals surface area contributed by atoms with E-state index >= 15 is 0 Å². The maximum atomic E-state index is 6.59. The van der Waals surface area contributed by atoms with Gasteiger partial charge in [0.1, 0.15) is 11.3 Å². The van der Waals surface area contributed by atoms with Crippen LogP contribution in [0.15, 0.2) is 168 Å². The molecule has 1 heteroatoms. The van der Waals surface area contributed by atoms with E-state index in [1.165, 1.54) is 93.7 Å². The minimum absolute atomic E-state index is 0.392. The van der Waals surface area contributed by atoms with E-state index in [4.69, 9.17) is 4.42 Å². The SMILES string of the molecule is CC1CC=Cc2c1oc1c(-c3ccc(-c4ccc5c6c(cccc46)-c4c-5c(-c5ccccc5)c5ccccc5c4-c4ccccc4)cc3)cccc21. The van der Waals surface area contributed by atoms with Crippen molar-refractivity contribution in [3.8, 4) is 66.8 Å². The highest BCUT2D eigenvalue weighted by atomic mass is 16.3. The molecule has 244 valence electrons. The minimum Gasteiger partial charge on any atom is -0.459 e. The van der Waals surface area contributed by atoms with Crippen molar-refractivity contribution in [2.24, 2.45) is 0 Å². The van der Waals surface area contributed by atoms with E-state index in [1.54, 1.807) is 0 Å². The van der Waals surface area contributed by atoms with Crippen LogP contribution in [-0.4, -0.2) is 0 Å². The largest absolute Gasteiger partial charge is 0.459 e. The van der Waals surface area contributed by atoms with Gasteiger partial charge in [0.25, 0.3) is 0 Å². The van der Waals surface area contributed by atoms with Gasteiger partial charge in [-0.3, -0.25) is 0 Å². The first-order chi connectivity index (χ1) is 25.7. The molecule has 0 aliphatic heterocycles. The Bertz CT molecular complexity index is 2810. The number of hydrogen-bond donors (Lipinski definition) is 0. The summed E-state index contributed by atoms with van der Waals surface area (Å²) in [5, 5.41) is 6.37. The van der Waals surface area contributed by atoms with Crippen LogP contribution in [0.5, 0.6) is 0 Å². The van der Waals surface area contributed by atoms with Crippen molar-refractivity contribution in [1.29, 1.82) is 0 Å². The Balaban J connectivity index is 1.12. The Hall–Kier alpha value is -6.44. The molecule has 0 saturated heterocycles. The van der Waals surface area contributed by atoms with Crippen molar-refractivity contribution < 1.29 is 4.42 Å². The summed E-state index contributed by atoms with van der Waals surface area (Å²) in [4.78, 5) is 0. The van der Waals surface area contributed by atoms with E-state index in [0.717, 1.165) is 23.3 Å². The molecular weight excluding hydrogens is 629 g/mol. The summed E-state index contributed by atoms with van der Waals surface area (Å²) in [5.74, 6) is 1.50. The van der Waals surface area contributed by atoms with Crippen LogP contribution in [-0.2, 0) is 0 Å². The van der Waals surface area contributed by atoms with Gasteiger partial charge in [-0.1, -0.05) is 177 Å². The van der Waals surface area contributed by atoms with Crippen LogP contribution in [0.2, 0.25) is 0 Å². The molecule has 0 bridgehead atoms. The van der Waals surface area contributed by atoms with E-state index in [0.29, 0.717) is 5.92 Å². The van der Waals surface area contributed by atoms with Crippen LogP contribution in [0.25, 0.3) is 105 Å². The van der Waals surface area contributed by atoms with Crippen LogP contribution in [0.4, 0.5) is 0 Å². The van der Waals surface area contributed by atoms with Gasteiger partial charge in [-0.05, 0) is 89.2 Å². The Morgan fingerprint density at radius 1 is 0.423 bits per heavy atom. The van der Waals surface area contributed by atoms with Crippen molar-refractivity contribution in [2.75, 3.05) is 0 Å². The van der Waals surface area contributed by atoms with E-state index in [-0.39, 0.29) is 0 Å². The second-order valence-corrected chi connectivity index (χ2v) is 14.3. The summed E-state index contributed by atoms with van der Waals surface area (Å²) in [7, 11) is 0. The molecule has 11 rings (SSSR count). The zero-order valence-electron chi connectivity index (χ0n) is 28.9. The monoisotopic (exact) mass is 662 g/mol. The topological polar surface area (TPSA) is 13.1 Å². The highest BCUT2D eigenvalue weighted by Gasteiger charge is 2.31. The highest BCUT2D eigenvalue weighted by molar-refractivity contribution is 6.28. The molecule has 8 aromatic carbocycles. The number of hydrogen-bond acceptors (Lipinski definition) is 1. The molecule has 1 unspecified atom stereocenters. The molecule has 1 heterocycles. The fraction of sp³-hybridized carbons (Fsp3) is 0.0588. The highest BCUT2D eigenvalue weighted by Crippen LogP contribution is 2.58. The summed E-state index contributed by atoms with van der Waals surface area (Å²) in [6, 6.07) is 58.1. The van der Waals surface area contributed by atoms with Crippen molar-refractivity contribution >= 4 is 38.6 Å². The van der Waals surface area contributed by atoms with E-state index in [2.05, 4.69) is 177 Å². The van der Waals surface area contributed by atoms with Crippen LogP contribution >= 0.6 is 0 Å². The van der Waals surface area contributed by atoms with Gasteiger partial charge < -0.3 is 4.42 Å². The lowest BCUT2D eigenvalue weighted by molar-refractivity contribution is 0.504. The van der Waals surface area contributed by atoms with E-state index < -0.39 is 0 Å². The van der Waals surface area contributed by atoms with Gasteiger partial charge in [-0.25, -0.2) is 0 Å². The van der Waals surface area contributed by atoms with Crippen LogP contribution in [0.3, 0.4) is 0 Å². The Morgan fingerprint density at radius 3 is 1.60 bits per heavy atom. The molecule has 52 heavy (non-hydrogen) atoms. The summed E-state index contributed by atoms with van der Waals surface area (Å²) >= 11 is 0. The summed E-state index contributed by atoms with van der Waals surface area (Å²) in [5.41, 5.74) is 17.4. The molecule has 9 aromatic rings. The fourth-order valence-corrected chi connectivity index (χ4v) is 9.11.